The second-order valence-corrected chi connectivity index (χ2v) is 6.36. The maximum atomic E-state index is 6.05. The van der Waals surface area contributed by atoms with E-state index in [0.29, 0.717) is 0 Å². The molecular weight excluding hydrogens is 288 g/mol. The minimum atomic E-state index is 0.882. The summed E-state index contributed by atoms with van der Waals surface area (Å²) >= 11 is 3.59. The van der Waals surface area contributed by atoms with Gasteiger partial charge in [0.1, 0.15) is 0 Å². The van der Waals surface area contributed by atoms with Crippen molar-refractivity contribution in [2.45, 2.75) is 38.6 Å². The normalized spacial score (nSPS) is 17.3. The lowest BCUT2D eigenvalue weighted by molar-refractivity contribution is 0.228. The van der Waals surface area contributed by atoms with E-state index in [9.17, 15) is 0 Å². The van der Waals surface area contributed by atoms with Crippen molar-refractivity contribution in [2.75, 3.05) is 19.3 Å². The van der Waals surface area contributed by atoms with Gasteiger partial charge in [0.25, 0.3) is 0 Å². The van der Waals surface area contributed by atoms with Crippen molar-refractivity contribution in [3.8, 4) is 0 Å². The predicted molar refractivity (Wildman–Crippen MR) is 81.5 cm³/mol. The Kier molecular flexibility index (Phi) is 5.07. The van der Waals surface area contributed by atoms with Gasteiger partial charge in [-0.25, -0.2) is 0 Å². The molecule has 0 radical (unpaired) electrons. The molecule has 0 unspecified atom stereocenters. The third-order valence-corrected chi connectivity index (χ3v) is 4.62. The topological polar surface area (TPSA) is 29.3 Å². The van der Waals surface area contributed by atoms with Gasteiger partial charge >= 0.3 is 0 Å². The van der Waals surface area contributed by atoms with Gasteiger partial charge in [0.15, 0.2) is 0 Å². The third kappa shape index (κ3) is 3.72. The Morgan fingerprint density at radius 2 is 2.00 bits per heavy atom. The highest BCUT2D eigenvalue weighted by Crippen LogP contribution is 2.27. The van der Waals surface area contributed by atoms with Crippen molar-refractivity contribution < 1.29 is 0 Å². The molecule has 0 saturated heterocycles. The number of rotatable bonds is 4. The first kappa shape index (κ1) is 13.9. The van der Waals surface area contributed by atoms with Crippen LogP contribution in [0.2, 0.25) is 0 Å². The molecule has 0 bridgehead atoms. The van der Waals surface area contributed by atoms with Crippen LogP contribution in [0.15, 0.2) is 22.7 Å². The molecule has 0 aliphatic heterocycles. The molecule has 1 aliphatic rings. The van der Waals surface area contributed by atoms with Crippen LogP contribution >= 0.6 is 15.9 Å². The zero-order chi connectivity index (χ0) is 13.0. The molecule has 3 heteroatoms. The standard InChI is InChI=1S/C15H23BrN2/c1-18(10-12-6-3-2-4-7-12)11-13-14(16)8-5-9-15(13)17/h5,8-9,12H,2-4,6-7,10-11,17H2,1H3. The van der Waals surface area contributed by atoms with Crippen LogP contribution < -0.4 is 5.73 Å². The van der Waals surface area contributed by atoms with Crippen LogP contribution in [-0.2, 0) is 6.54 Å². The number of nitrogens with zero attached hydrogens (tertiary/aromatic N) is 1. The molecule has 2 rings (SSSR count). The number of hydrogen-bond donors (Lipinski definition) is 1. The van der Waals surface area contributed by atoms with E-state index in [0.717, 1.165) is 22.6 Å². The highest BCUT2D eigenvalue weighted by Gasteiger charge is 2.16. The molecular formula is C15H23BrN2. The van der Waals surface area contributed by atoms with Gasteiger partial charge in [-0.05, 0) is 37.9 Å². The van der Waals surface area contributed by atoms with Crippen LogP contribution in [0, 0.1) is 5.92 Å². The summed E-state index contributed by atoms with van der Waals surface area (Å²) in [6, 6.07) is 6.04. The molecule has 100 valence electrons. The van der Waals surface area contributed by atoms with Crippen molar-refractivity contribution in [3.63, 3.8) is 0 Å². The van der Waals surface area contributed by atoms with Gasteiger partial charge in [-0.2, -0.15) is 0 Å². The summed E-state index contributed by atoms with van der Waals surface area (Å²) in [7, 11) is 2.20. The van der Waals surface area contributed by atoms with E-state index < -0.39 is 0 Å². The summed E-state index contributed by atoms with van der Waals surface area (Å²) in [5.41, 5.74) is 8.15. The van der Waals surface area contributed by atoms with E-state index in [1.165, 1.54) is 44.2 Å². The second-order valence-electron chi connectivity index (χ2n) is 5.51. The first-order valence-electron chi connectivity index (χ1n) is 6.88. The number of nitrogens with two attached hydrogens (primary N) is 1. The van der Waals surface area contributed by atoms with Gasteiger partial charge in [-0.3, -0.25) is 0 Å². The summed E-state index contributed by atoms with van der Waals surface area (Å²) in [4.78, 5) is 2.41. The van der Waals surface area contributed by atoms with E-state index in [4.69, 9.17) is 5.73 Å². The molecule has 1 saturated carbocycles. The van der Waals surface area contributed by atoms with Crippen molar-refractivity contribution in [2.24, 2.45) is 5.92 Å². The maximum Gasteiger partial charge on any atom is 0.0371 e. The van der Waals surface area contributed by atoms with Crippen LogP contribution in [0.1, 0.15) is 37.7 Å². The zero-order valence-corrected chi connectivity index (χ0v) is 12.7. The van der Waals surface area contributed by atoms with E-state index in [1.807, 2.05) is 12.1 Å². The average molecular weight is 311 g/mol. The molecule has 0 amide bonds. The largest absolute Gasteiger partial charge is 0.398 e. The van der Waals surface area contributed by atoms with Gasteiger partial charge in [0, 0.05) is 28.8 Å². The highest BCUT2D eigenvalue weighted by molar-refractivity contribution is 9.10. The van der Waals surface area contributed by atoms with Crippen molar-refractivity contribution in [3.05, 3.63) is 28.2 Å². The van der Waals surface area contributed by atoms with Crippen LogP contribution in [0.5, 0.6) is 0 Å². The number of nitrogen functional groups attached to an aromatic ring is 1. The van der Waals surface area contributed by atoms with E-state index in [1.54, 1.807) is 0 Å². The summed E-state index contributed by atoms with van der Waals surface area (Å²) in [5.74, 6) is 0.882. The van der Waals surface area contributed by atoms with E-state index in [-0.39, 0.29) is 0 Å². The molecule has 1 fully saturated rings. The van der Waals surface area contributed by atoms with Crippen LogP contribution in [0.4, 0.5) is 5.69 Å². The van der Waals surface area contributed by atoms with Gasteiger partial charge in [0.2, 0.25) is 0 Å². The molecule has 2 nitrogen and oxygen atoms in total. The maximum absolute atomic E-state index is 6.05. The molecule has 0 heterocycles. The fraction of sp³-hybridized carbons (Fsp3) is 0.600. The molecule has 0 spiro atoms. The molecule has 1 aromatic rings. The minimum Gasteiger partial charge on any atom is -0.398 e. The average Bonchev–Trinajstić information content (AvgIpc) is 2.35. The minimum absolute atomic E-state index is 0.882. The van der Waals surface area contributed by atoms with E-state index >= 15 is 0 Å². The Morgan fingerprint density at radius 3 is 2.67 bits per heavy atom. The molecule has 1 aliphatic carbocycles. The predicted octanol–water partition coefficient (Wildman–Crippen LogP) is 4.04. The fourth-order valence-corrected chi connectivity index (χ4v) is 3.39. The molecule has 18 heavy (non-hydrogen) atoms. The second kappa shape index (κ2) is 6.58. The lowest BCUT2D eigenvalue weighted by Gasteiger charge is -2.27. The third-order valence-electron chi connectivity index (χ3n) is 3.88. The molecule has 0 aromatic heterocycles. The monoisotopic (exact) mass is 310 g/mol. The Balaban J connectivity index is 1.92. The van der Waals surface area contributed by atoms with Crippen LogP contribution in [0.25, 0.3) is 0 Å². The van der Waals surface area contributed by atoms with Gasteiger partial charge in [0.05, 0.1) is 0 Å². The Morgan fingerprint density at radius 1 is 1.28 bits per heavy atom. The van der Waals surface area contributed by atoms with Crippen molar-refractivity contribution in [1.29, 1.82) is 0 Å². The highest BCUT2D eigenvalue weighted by atomic mass is 79.9. The van der Waals surface area contributed by atoms with Crippen LogP contribution in [0.3, 0.4) is 0 Å². The quantitative estimate of drug-likeness (QED) is 0.850. The van der Waals surface area contributed by atoms with E-state index in [2.05, 4.69) is 33.9 Å². The Hall–Kier alpha value is -0.540. The van der Waals surface area contributed by atoms with Crippen LogP contribution in [-0.4, -0.2) is 18.5 Å². The lowest BCUT2D eigenvalue weighted by atomic mass is 9.89. The number of anilines is 1. The Labute approximate surface area is 119 Å². The first-order valence-corrected chi connectivity index (χ1v) is 7.67. The summed E-state index contributed by atoms with van der Waals surface area (Å²) in [6.07, 6.45) is 7.05. The Bertz CT molecular complexity index is 366. The number of hydrogen-bond acceptors (Lipinski definition) is 2. The van der Waals surface area contributed by atoms with Crippen molar-refractivity contribution in [1.82, 2.24) is 4.90 Å². The van der Waals surface area contributed by atoms with Gasteiger partial charge in [-0.1, -0.05) is 41.3 Å². The molecule has 2 N–H and O–H groups in total. The lowest BCUT2D eigenvalue weighted by Crippen LogP contribution is -2.27. The smallest absolute Gasteiger partial charge is 0.0371 e. The fourth-order valence-electron chi connectivity index (χ4n) is 2.89. The van der Waals surface area contributed by atoms with Crippen molar-refractivity contribution >= 4 is 21.6 Å². The first-order chi connectivity index (χ1) is 8.66. The summed E-state index contributed by atoms with van der Waals surface area (Å²) in [5, 5.41) is 0. The zero-order valence-electron chi connectivity index (χ0n) is 11.2. The van der Waals surface area contributed by atoms with Gasteiger partial charge in [-0.15, -0.1) is 0 Å². The summed E-state index contributed by atoms with van der Waals surface area (Å²) in [6.45, 7) is 2.13. The number of benzene rings is 1. The molecule has 1 aromatic carbocycles. The SMILES string of the molecule is CN(Cc1c(N)cccc1Br)CC1CCCCC1. The van der Waals surface area contributed by atoms with Gasteiger partial charge < -0.3 is 10.6 Å². The molecule has 0 atom stereocenters. The summed E-state index contributed by atoms with van der Waals surface area (Å²) < 4.78 is 1.12. The number of halogens is 1.